The van der Waals surface area contributed by atoms with Crippen LogP contribution in [0.1, 0.15) is 104 Å². The normalized spacial score (nSPS) is 9.19. The van der Waals surface area contributed by atoms with Gasteiger partial charge in [-0.2, -0.15) is 0 Å². The van der Waals surface area contributed by atoms with Gasteiger partial charge in [0, 0.05) is 11.6 Å². The van der Waals surface area contributed by atoms with Gasteiger partial charge in [-0.3, -0.25) is 0 Å². The summed E-state index contributed by atoms with van der Waals surface area (Å²) in [5.41, 5.74) is 0.176. The van der Waals surface area contributed by atoms with Crippen molar-refractivity contribution in [1.29, 1.82) is 0 Å². The van der Waals surface area contributed by atoms with Crippen LogP contribution in [0.4, 0.5) is 0 Å². The van der Waals surface area contributed by atoms with Crippen LogP contribution in [0, 0.1) is 0 Å². The van der Waals surface area contributed by atoms with Crippen LogP contribution in [0.2, 0.25) is 0 Å². The molecule has 0 atom stereocenters. The number of unbranched alkanes of at least 4 members (excludes halogenated alkanes) is 12. The summed E-state index contributed by atoms with van der Waals surface area (Å²) in [4.78, 5) is 18.8. The average Bonchev–Trinajstić information content (AvgIpc) is 2.60. The van der Waals surface area contributed by atoms with Crippen molar-refractivity contribution in [2.75, 3.05) is 0 Å². The molecule has 2 N–H and O–H groups in total. The molecule has 0 amide bonds. The number of hydrogen-bond acceptors (Lipinski definition) is 2. The second-order valence-corrected chi connectivity index (χ2v) is 6.52. The third-order valence-corrected chi connectivity index (χ3v) is 3.75. The highest BCUT2D eigenvalue weighted by Gasteiger charge is 1.92. The van der Waals surface area contributed by atoms with Gasteiger partial charge in [0.15, 0.2) is 0 Å². The minimum Gasteiger partial charge on any atom is -0.478 e. The molecule has 0 unspecified atom stereocenters. The van der Waals surface area contributed by atoms with Crippen LogP contribution in [-0.2, 0) is 9.59 Å². The second-order valence-electron chi connectivity index (χ2n) is 6.52. The Morgan fingerprint density at radius 1 is 0.731 bits per heavy atom. The van der Waals surface area contributed by atoms with Gasteiger partial charge in [0.05, 0.1) is 0 Å². The lowest BCUT2D eigenvalue weighted by atomic mass is 10.1. The first-order valence-electron chi connectivity index (χ1n) is 10.1. The fourth-order valence-corrected chi connectivity index (χ4v) is 2.09. The third-order valence-electron chi connectivity index (χ3n) is 3.75. The smallest absolute Gasteiger partial charge is 0.330 e. The van der Waals surface area contributed by atoms with E-state index < -0.39 is 11.9 Å². The van der Waals surface area contributed by atoms with Gasteiger partial charge in [0.25, 0.3) is 0 Å². The third kappa shape index (κ3) is 38.2. The summed E-state index contributed by atoms with van der Waals surface area (Å²) in [6.07, 6.45) is 19.8. The van der Waals surface area contributed by atoms with Gasteiger partial charge >= 0.3 is 11.9 Å². The van der Waals surface area contributed by atoms with E-state index in [1.807, 2.05) is 0 Å². The molecule has 0 fully saturated rings. The van der Waals surface area contributed by atoms with Gasteiger partial charge in [-0.25, -0.2) is 9.59 Å². The zero-order chi connectivity index (χ0) is 20.6. The van der Waals surface area contributed by atoms with Gasteiger partial charge in [-0.05, 0) is 6.92 Å². The first-order valence-corrected chi connectivity index (χ1v) is 10.1. The Bertz CT molecular complexity index is 324. The van der Waals surface area contributed by atoms with E-state index in [2.05, 4.69) is 27.0 Å². The summed E-state index contributed by atoms with van der Waals surface area (Å²) in [6, 6.07) is 0. The Kier molecular flexibility index (Phi) is 28.8. The highest BCUT2D eigenvalue weighted by molar-refractivity contribution is 5.84. The Hall–Kier alpha value is -1.58. The number of aliphatic carboxylic acids is 2. The predicted molar refractivity (Wildman–Crippen MR) is 112 cm³/mol. The van der Waals surface area contributed by atoms with Gasteiger partial charge in [-0.15, -0.1) is 0 Å². The topological polar surface area (TPSA) is 74.6 Å². The lowest BCUT2D eigenvalue weighted by Gasteiger charge is -2.01. The molecule has 0 saturated heterocycles. The minimum absolute atomic E-state index is 0.176. The quantitative estimate of drug-likeness (QED) is 0.255. The molecular formula is C22H42O4. The summed E-state index contributed by atoms with van der Waals surface area (Å²) < 4.78 is 0. The minimum atomic E-state index is -0.981. The SMILES string of the molecule is C=C(C)C(=O)O.C=CC(=O)O.CCCCCCCCCCCCCCC. The Morgan fingerprint density at radius 2 is 0.923 bits per heavy atom. The largest absolute Gasteiger partial charge is 0.478 e. The molecule has 4 nitrogen and oxygen atoms in total. The predicted octanol–water partition coefficient (Wildman–Crippen LogP) is 7.00. The summed E-state index contributed by atoms with van der Waals surface area (Å²) in [5.74, 6) is -1.92. The fraction of sp³-hybridized carbons (Fsp3) is 0.727. The van der Waals surface area contributed by atoms with Gasteiger partial charge in [0.2, 0.25) is 0 Å². The zero-order valence-corrected chi connectivity index (χ0v) is 17.4. The van der Waals surface area contributed by atoms with Gasteiger partial charge in [0.1, 0.15) is 0 Å². The highest BCUT2D eigenvalue weighted by Crippen LogP contribution is 2.12. The van der Waals surface area contributed by atoms with Crippen molar-refractivity contribution in [1.82, 2.24) is 0 Å². The summed E-state index contributed by atoms with van der Waals surface area (Å²) >= 11 is 0. The first-order chi connectivity index (χ1) is 12.3. The fourth-order valence-electron chi connectivity index (χ4n) is 2.09. The van der Waals surface area contributed by atoms with Crippen molar-refractivity contribution >= 4 is 11.9 Å². The standard InChI is InChI=1S/C15H32.C4H6O2.C3H4O2/c1-3-5-7-9-11-13-15-14-12-10-8-6-4-2;1-3(2)4(5)6;1-2-3(4)5/h3-15H2,1-2H3;1H2,2H3,(H,5,6);2H,1H2,(H,4,5). The van der Waals surface area contributed by atoms with Gasteiger partial charge < -0.3 is 10.2 Å². The summed E-state index contributed by atoms with van der Waals surface area (Å²) in [5, 5.41) is 15.5. The average molecular weight is 371 g/mol. The summed E-state index contributed by atoms with van der Waals surface area (Å²) in [6.45, 7) is 12.1. The van der Waals surface area contributed by atoms with Crippen molar-refractivity contribution in [2.45, 2.75) is 104 Å². The first kappa shape index (κ1) is 29.2. The molecule has 0 bridgehead atoms. The molecule has 154 valence electrons. The summed E-state index contributed by atoms with van der Waals surface area (Å²) in [7, 11) is 0. The molecule has 0 aliphatic rings. The van der Waals surface area contributed by atoms with Crippen LogP contribution in [0.25, 0.3) is 0 Å². The van der Waals surface area contributed by atoms with Crippen molar-refractivity contribution in [2.24, 2.45) is 0 Å². The lowest BCUT2D eigenvalue weighted by molar-refractivity contribution is -0.133. The van der Waals surface area contributed by atoms with Crippen LogP contribution in [0.15, 0.2) is 24.8 Å². The highest BCUT2D eigenvalue weighted by atomic mass is 16.4. The van der Waals surface area contributed by atoms with E-state index in [1.165, 1.54) is 90.4 Å². The number of hydrogen-bond donors (Lipinski definition) is 2. The molecule has 4 heteroatoms. The maximum Gasteiger partial charge on any atom is 0.330 e. The van der Waals surface area contributed by atoms with E-state index in [4.69, 9.17) is 10.2 Å². The van der Waals surface area contributed by atoms with E-state index in [9.17, 15) is 9.59 Å². The molecule has 0 heterocycles. The molecule has 0 aliphatic carbocycles. The van der Waals surface area contributed by atoms with Crippen LogP contribution in [0.5, 0.6) is 0 Å². The Morgan fingerprint density at radius 3 is 1.04 bits per heavy atom. The molecule has 0 aromatic heterocycles. The van der Waals surface area contributed by atoms with E-state index >= 15 is 0 Å². The molecule has 0 radical (unpaired) electrons. The van der Waals surface area contributed by atoms with Gasteiger partial charge in [-0.1, -0.05) is 110 Å². The van der Waals surface area contributed by atoms with Crippen molar-refractivity contribution in [3.05, 3.63) is 24.8 Å². The van der Waals surface area contributed by atoms with Crippen LogP contribution in [-0.4, -0.2) is 22.2 Å². The number of carbonyl (C=O) groups is 2. The van der Waals surface area contributed by atoms with Crippen LogP contribution >= 0.6 is 0 Å². The second kappa shape index (κ2) is 25.7. The Labute approximate surface area is 161 Å². The van der Waals surface area contributed by atoms with Crippen molar-refractivity contribution in [3.63, 3.8) is 0 Å². The van der Waals surface area contributed by atoms with Crippen molar-refractivity contribution in [3.8, 4) is 0 Å². The molecular weight excluding hydrogens is 328 g/mol. The molecule has 0 aromatic rings. The maximum atomic E-state index is 9.60. The van der Waals surface area contributed by atoms with Crippen LogP contribution < -0.4 is 0 Å². The van der Waals surface area contributed by atoms with E-state index in [0.717, 1.165) is 6.08 Å². The monoisotopic (exact) mass is 370 g/mol. The molecule has 0 aliphatic heterocycles. The van der Waals surface area contributed by atoms with E-state index in [1.54, 1.807) is 0 Å². The number of carboxylic acid groups (broad SMARTS) is 2. The lowest BCUT2D eigenvalue weighted by Crippen LogP contribution is -1.92. The molecule has 26 heavy (non-hydrogen) atoms. The van der Waals surface area contributed by atoms with Crippen LogP contribution in [0.3, 0.4) is 0 Å². The maximum absolute atomic E-state index is 9.60. The van der Waals surface area contributed by atoms with E-state index in [-0.39, 0.29) is 5.57 Å². The molecule has 0 saturated carbocycles. The molecule has 0 spiro atoms. The number of carboxylic acids is 2. The zero-order valence-electron chi connectivity index (χ0n) is 17.4. The Balaban J connectivity index is -0.000000394. The molecule has 0 rings (SSSR count). The number of rotatable bonds is 14. The van der Waals surface area contributed by atoms with Crippen molar-refractivity contribution < 1.29 is 19.8 Å². The van der Waals surface area contributed by atoms with E-state index in [0.29, 0.717) is 0 Å². The molecule has 0 aromatic carbocycles.